The van der Waals surface area contributed by atoms with Crippen molar-refractivity contribution in [1.82, 2.24) is 0 Å². The van der Waals surface area contributed by atoms with Gasteiger partial charge in [-0.2, -0.15) is 0 Å². The number of aromatic hydroxyl groups is 1. The number of hydrogen-bond acceptors (Lipinski definition) is 2. The van der Waals surface area contributed by atoms with E-state index in [2.05, 4.69) is 31.2 Å². The van der Waals surface area contributed by atoms with Gasteiger partial charge in [0.1, 0.15) is 5.75 Å². The minimum atomic E-state index is 0.0751. The first-order valence-corrected chi connectivity index (χ1v) is 7.60. The molecule has 114 valence electrons. The Morgan fingerprint density at radius 3 is 1.87 bits per heavy atom. The Hall–Kier alpha value is -2.87. The molecule has 0 aliphatic rings. The number of aryl methyl sites for hydroxylation is 1. The number of carbonyl (C=O) groups excluding carboxylic acids is 1. The highest BCUT2D eigenvalue weighted by molar-refractivity contribution is 5.97. The normalized spacial score (nSPS) is 10.5. The van der Waals surface area contributed by atoms with Crippen molar-refractivity contribution in [2.45, 2.75) is 13.3 Å². The molecule has 0 aromatic heterocycles. The van der Waals surface area contributed by atoms with Gasteiger partial charge in [-0.1, -0.05) is 66.2 Å². The number of ketones is 1. The van der Waals surface area contributed by atoms with Crippen LogP contribution in [0.4, 0.5) is 0 Å². The Balaban J connectivity index is 1.74. The standard InChI is InChI=1S/C21H18O2/c1-15-2-6-17(7-3-15)18-8-10-19(11-9-18)21(23)14-16-4-12-20(22)13-5-16/h2-13,22H,14H2,1H3. The number of hydrogen-bond donors (Lipinski definition) is 1. The topological polar surface area (TPSA) is 37.3 Å². The van der Waals surface area contributed by atoms with Crippen molar-refractivity contribution in [3.8, 4) is 16.9 Å². The molecule has 0 spiro atoms. The summed E-state index contributed by atoms with van der Waals surface area (Å²) in [6, 6.07) is 22.8. The van der Waals surface area contributed by atoms with Crippen molar-refractivity contribution in [2.75, 3.05) is 0 Å². The third-order valence-corrected chi connectivity index (χ3v) is 3.89. The highest BCUT2D eigenvalue weighted by Gasteiger charge is 2.07. The van der Waals surface area contributed by atoms with E-state index >= 15 is 0 Å². The number of Topliss-reactive ketones (excluding diaryl/α,β-unsaturated/α-hetero) is 1. The van der Waals surface area contributed by atoms with Crippen molar-refractivity contribution < 1.29 is 9.90 Å². The van der Waals surface area contributed by atoms with Gasteiger partial charge in [0, 0.05) is 12.0 Å². The maximum Gasteiger partial charge on any atom is 0.167 e. The van der Waals surface area contributed by atoms with E-state index in [-0.39, 0.29) is 11.5 Å². The van der Waals surface area contributed by atoms with Crippen molar-refractivity contribution in [3.05, 3.63) is 89.5 Å². The molecule has 0 saturated heterocycles. The maximum absolute atomic E-state index is 12.3. The van der Waals surface area contributed by atoms with E-state index < -0.39 is 0 Å². The van der Waals surface area contributed by atoms with Gasteiger partial charge in [0.2, 0.25) is 0 Å². The average molecular weight is 302 g/mol. The second-order valence-corrected chi connectivity index (χ2v) is 5.71. The molecule has 0 fully saturated rings. The van der Waals surface area contributed by atoms with Crippen LogP contribution in [0.3, 0.4) is 0 Å². The molecule has 0 radical (unpaired) electrons. The zero-order valence-corrected chi connectivity index (χ0v) is 13.0. The van der Waals surface area contributed by atoms with Crippen molar-refractivity contribution in [3.63, 3.8) is 0 Å². The molecule has 0 unspecified atom stereocenters. The smallest absolute Gasteiger partial charge is 0.167 e. The number of phenols is 1. The highest BCUT2D eigenvalue weighted by Crippen LogP contribution is 2.21. The van der Waals surface area contributed by atoms with Crippen molar-refractivity contribution in [1.29, 1.82) is 0 Å². The van der Waals surface area contributed by atoms with Gasteiger partial charge in [-0.15, -0.1) is 0 Å². The lowest BCUT2D eigenvalue weighted by Gasteiger charge is -2.05. The SMILES string of the molecule is Cc1ccc(-c2ccc(C(=O)Cc3ccc(O)cc3)cc2)cc1. The van der Waals surface area contributed by atoms with Crippen molar-refractivity contribution in [2.24, 2.45) is 0 Å². The predicted molar refractivity (Wildman–Crippen MR) is 92.8 cm³/mol. The Morgan fingerprint density at radius 1 is 0.783 bits per heavy atom. The number of rotatable bonds is 4. The van der Waals surface area contributed by atoms with Gasteiger partial charge in [0.15, 0.2) is 5.78 Å². The summed E-state index contributed by atoms with van der Waals surface area (Å²) >= 11 is 0. The van der Waals surface area contributed by atoms with Crippen LogP contribution in [-0.4, -0.2) is 10.9 Å². The molecule has 0 aliphatic carbocycles. The molecule has 3 aromatic rings. The zero-order valence-electron chi connectivity index (χ0n) is 13.0. The molecular weight excluding hydrogens is 284 g/mol. The molecule has 0 atom stereocenters. The van der Waals surface area contributed by atoms with E-state index in [1.54, 1.807) is 24.3 Å². The van der Waals surface area contributed by atoms with Gasteiger partial charge in [-0.05, 0) is 35.7 Å². The number of benzene rings is 3. The summed E-state index contributed by atoms with van der Waals surface area (Å²) in [6.07, 6.45) is 0.337. The Kier molecular flexibility index (Phi) is 4.24. The molecule has 23 heavy (non-hydrogen) atoms. The van der Waals surface area contributed by atoms with E-state index in [1.165, 1.54) is 5.56 Å². The van der Waals surface area contributed by atoms with Crippen LogP contribution in [0.15, 0.2) is 72.8 Å². The summed E-state index contributed by atoms with van der Waals surface area (Å²) in [7, 11) is 0. The highest BCUT2D eigenvalue weighted by atomic mass is 16.3. The van der Waals surface area contributed by atoms with Crippen LogP contribution in [0.1, 0.15) is 21.5 Å². The van der Waals surface area contributed by atoms with Crippen LogP contribution in [0.5, 0.6) is 5.75 Å². The number of carbonyl (C=O) groups is 1. The second-order valence-electron chi connectivity index (χ2n) is 5.71. The van der Waals surface area contributed by atoms with E-state index in [9.17, 15) is 9.90 Å². The fourth-order valence-electron chi connectivity index (χ4n) is 2.50. The average Bonchev–Trinajstić information content (AvgIpc) is 2.58. The van der Waals surface area contributed by atoms with E-state index in [0.717, 1.165) is 16.7 Å². The summed E-state index contributed by atoms with van der Waals surface area (Å²) in [5, 5.41) is 9.28. The Bertz CT molecular complexity index is 798. The first-order valence-electron chi connectivity index (χ1n) is 7.60. The third kappa shape index (κ3) is 3.67. The number of phenolic OH excluding ortho intramolecular Hbond substituents is 1. The molecule has 3 rings (SSSR count). The molecule has 2 heteroatoms. The van der Waals surface area contributed by atoms with Gasteiger partial charge >= 0.3 is 0 Å². The summed E-state index contributed by atoms with van der Waals surface area (Å²) in [5.41, 5.74) is 5.08. The van der Waals surface area contributed by atoms with Crippen LogP contribution in [0, 0.1) is 6.92 Å². The van der Waals surface area contributed by atoms with Crippen LogP contribution in [0.2, 0.25) is 0 Å². The van der Waals surface area contributed by atoms with Crippen molar-refractivity contribution >= 4 is 5.78 Å². The van der Waals surface area contributed by atoms with E-state index in [4.69, 9.17) is 0 Å². The monoisotopic (exact) mass is 302 g/mol. The van der Waals surface area contributed by atoms with Gasteiger partial charge in [0.05, 0.1) is 0 Å². The molecule has 0 aliphatic heterocycles. The Morgan fingerprint density at radius 2 is 1.30 bits per heavy atom. The minimum Gasteiger partial charge on any atom is -0.508 e. The quantitative estimate of drug-likeness (QED) is 0.703. The molecule has 0 amide bonds. The Labute approximate surface area is 136 Å². The van der Waals surface area contributed by atoms with Crippen LogP contribution in [-0.2, 0) is 6.42 Å². The van der Waals surface area contributed by atoms with Gasteiger partial charge < -0.3 is 5.11 Å². The molecule has 0 saturated carbocycles. The lowest BCUT2D eigenvalue weighted by atomic mass is 9.99. The summed E-state index contributed by atoms with van der Waals surface area (Å²) in [5.74, 6) is 0.287. The molecule has 0 bridgehead atoms. The predicted octanol–water partition coefficient (Wildman–Crippen LogP) is 4.79. The molecule has 2 nitrogen and oxygen atoms in total. The van der Waals surface area contributed by atoms with Crippen LogP contribution >= 0.6 is 0 Å². The first kappa shape index (κ1) is 15.0. The summed E-state index contributed by atoms with van der Waals surface area (Å²) in [4.78, 5) is 12.3. The minimum absolute atomic E-state index is 0.0751. The van der Waals surface area contributed by atoms with E-state index in [0.29, 0.717) is 12.0 Å². The van der Waals surface area contributed by atoms with Gasteiger partial charge in [-0.25, -0.2) is 0 Å². The largest absolute Gasteiger partial charge is 0.508 e. The van der Waals surface area contributed by atoms with Crippen LogP contribution < -0.4 is 0 Å². The maximum atomic E-state index is 12.3. The van der Waals surface area contributed by atoms with Crippen LogP contribution in [0.25, 0.3) is 11.1 Å². The lowest BCUT2D eigenvalue weighted by molar-refractivity contribution is 0.0993. The molecule has 1 N–H and O–H groups in total. The molecular formula is C21H18O2. The lowest BCUT2D eigenvalue weighted by Crippen LogP contribution is -2.03. The molecule has 0 heterocycles. The van der Waals surface area contributed by atoms with Gasteiger partial charge in [-0.3, -0.25) is 4.79 Å². The fourth-order valence-corrected chi connectivity index (χ4v) is 2.50. The third-order valence-electron chi connectivity index (χ3n) is 3.89. The zero-order chi connectivity index (χ0) is 16.2. The summed E-state index contributed by atoms with van der Waals surface area (Å²) < 4.78 is 0. The second kappa shape index (κ2) is 6.49. The molecule has 3 aromatic carbocycles. The summed E-state index contributed by atoms with van der Waals surface area (Å²) in [6.45, 7) is 2.06. The van der Waals surface area contributed by atoms with Gasteiger partial charge in [0.25, 0.3) is 0 Å². The fraction of sp³-hybridized carbons (Fsp3) is 0.0952. The first-order chi connectivity index (χ1) is 11.1. The van der Waals surface area contributed by atoms with E-state index in [1.807, 2.05) is 24.3 Å².